The lowest BCUT2D eigenvalue weighted by Gasteiger charge is -2.14. The number of carboxylic acid groups (broad SMARTS) is 1. The average Bonchev–Trinajstić information content (AvgIpc) is 3.03. The first-order valence-corrected chi connectivity index (χ1v) is 9.88. The number of amides is 1. The number of carbonyl (C=O) groups is 2. The van der Waals surface area contributed by atoms with Crippen LogP contribution >= 0.6 is 0 Å². The molecule has 152 valence electrons. The molecule has 0 radical (unpaired) electrons. The molecular weight excluding hydrogens is 366 g/mol. The largest absolute Gasteiger partial charge is 0.480 e. The van der Waals surface area contributed by atoms with Crippen LogP contribution in [0.1, 0.15) is 42.1 Å². The summed E-state index contributed by atoms with van der Waals surface area (Å²) in [5.74, 6) is -1.33. The zero-order valence-corrected chi connectivity index (χ0v) is 17.3. The minimum absolute atomic E-state index is 0.0559. The summed E-state index contributed by atoms with van der Waals surface area (Å²) in [6.45, 7) is 7.99. The molecule has 0 aliphatic heterocycles. The minimum atomic E-state index is -1.01. The number of aryl methyl sites for hydroxylation is 3. The van der Waals surface area contributed by atoms with Crippen LogP contribution in [0.15, 0.2) is 36.5 Å². The Labute approximate surface area is 170 Å². The van der Waals surface area contributed by atoms with Gasteiger partial charge in [-0.15, -0.1) is 0 Å². The van der Waals surface area contributed by atoms with Gasteiger partial charge in [-0.2, -0.15) is 0 Å². The fraction of sp³-hybridized carbons (Fsp3) is 0.348. The summed E-state index contributed by atoms with van der Waals surface area (Å²) < 4.78 is 1.93. The number of aromatic nitrogens is 2. The summed E-state index contributed by atoms with van der Waals surface area (Å²) in [4.78, 5) is 29.0. The summed E-state index contributed by atoms with van der Waals surface area (Å²) in [6.07, 6.45) is 3.03. The van der Waals surface area contributed by atoms with Crippen LogP contribution in [-0.2, 0) is 16.0 Å². The fourth-order valence-electron chi connectivity index (χ4n) is 3.49. The second-order valence-electron chi connectivity index (χ2n) is 7.51. The van der Waals surface area contributed by atoms with Gasteiger partial charge in [0.15, 0.2) is 0 Å². The third-order valence-corrected chi connectivity index (χ3v) is 5.26. The highest BCUT2D eigenvalue weighted by molar-refractivity contribution is 5.86. The van der Waals surface area contributed by atoms with Crippen molar-refractivity contribution in [2.24, 2.45) is 0 Å². The van der Waals surface area contributed by atoms with Crippen LogP contribution in [0.5, 0.6) is 0 Å². The molecular formula is C23H27N3O3. The van der Waals surface area contributed by atoms with Gasteiger partial charge >= 0.3 is 5.97 Å². The molecule has 29 heavy (non-hydrogen) atoms. The van der Waals surface area contributed by atoms with E-state index >= 15 is 0 Å². The molecule has 0 aliphatic rings. The predicted molar refractivity (Wildman–Crippen MR) is 113 cm³/mol. The molecule has 2 heterocycles. The van der Waals surface area contributed by atoms with E-state index in [4.69, 9.17) is 4.98 Å². The van der Waals surface area contributed by atoms with E-state index in [1.54, 1.807) is 0 Å². The number of aliphatic carboxylic acids is 1. The Bertz CT molecular complexity index is 1070. The standard InChI is InChI=1S/C23H27N3O3/c1-5-7-18(23(28)29)24-20(27)13-19-21(17-10-9-14(2)16(4)12-17)25-22-15(3)8-6-11-26(19)22/h6,8-12,18H,5,7,13H2,1-4H3,(H,24,27)(H,28,29). The van der Waals surface area contributed by atoms with Crippen molar-refractivity contribution in [1.29, 1.82) is 0 Å². The van der Waals surface area contributed by atoms with Gasteiger partial charge in [-0.05, 0) is 56.0 Å². The summed E-state index contributed by atoms with van der Waals surface area (Å²) in [5.41, 5.74) is 6.61. The van der Waals surface area contributed by atoms with Crippen LogP contribution in [0, 0.1) is 20.8 Å². The van der Waals surface area contributed by atoms with Gasteiger partial charge in [-0.3, -0.25) is 4.79 Å². The molecule has 0 fully saturated rings. The fourth-order valence-corrected chi connectivity index (χ4v) is 3.49. The van der Waals surface area contributed by atoms with Crippen LogP contribution in [0.4, 0.5) is 0 Å². The van der Waals surface area contributed by atoms with Gasteiger partial charge in [0.05, 0.1) is 17.8 Å². The minimum Gasteiger partial charge on any atom is -0.480 e. The average molecular weight is 393 g/mol. The number of hydrogen-bond acceptors (Lipinski definition) is 3. The maximum absolute atomic E-state index is 12.7. The SMILES string of the molecule is CCCC(NC(=O)Cc1c(-c2ccc(C)c(C)c2)nc2c(C)cccn12)C(=O)O. The van der Waals surface area contributed by atoms with Crippen molar-refractivity contribution in [3.63, 3.8) is 0 Å². The third-order valence-electron chi connectivity index (χ3n) is 5.26. The number of carbonyl (C=O) groups excluding carboxylic acids is 1. The Morgan fingerprint density at radius 2 is 1.90 bits per heavy atom. The summed E-state index contributed by atoms with van der Waals surface area (Å²) in [5, 5.41) is 12.0. The molecule has 0 spiro atoms. The molecule has 2 N–H and O–H groups in total. The van der Waals surface area contributed by atoms with Crippen molar-refractivity contribution in [2.45, 2.75) is 53.0 Å². The number of nitrogens with one attached hydrogen (secondary N) is 1. The first-order chi connectivity index (χ1) is 13.8. The van der Waals surface area contributed by atoms with Crippen molar-refractivity contribution in [3.05, 3.63) is 58.9 Å². The lowest BCUT2D eigenvalue weighted by molar-refractivity contribution is -0.141. The van der Waals surface area contributed by atoms with Gasteiger partial charge in [-0.1, -0.05) is 31.5 Å². The Kier molecular flexibility index (Phi) is 6.01. The number of pyridine rings is 1. The van der Waals surface area contributed by atoms with E-state index in [9.17, 15) is 14.7 Å². The Morgan fingerprint density at radius 1 is 1.14 bits per heavy atom. The molecule has 0 saturated carbocycles. The highest BCUT2D eigenvalue weighted by Crippen LogP contribution is 2.28. The maximum atomic E-state index is 12.7. The van der Waals surface area contributed by atoms with Crippen LogP contribution in [-0.4, -0.2) is 32.4 Å². The van der Waals surface area contributed by atoms with Crippen molar-refractivity contribution < 1.29 is 14.7 Å². The van der Waals surface area contributed by atoms with E-state index in [1.807, 2.05) is 48.7 Å². The molecule has 3 rings (SSSR count). The Hall–Kier alpha value is -3.15. The molecule has 2 aromatic heterocycles. The van der Waals surface area contributed by atoms with Gasteiger partial charge in [0.1, 0.15) is 11.7 Å². The van der Waals surface area contributed by atoms with E-state index < -0.39 is 12.0 Å². The molecule has 6 nitrogen and oxygen atoms in total. The zero-order valence-electron chi connectivity index (χ0n) is 17.3. The highest BCUT2D eigenvalue weighted by Gasteiger charge is 2.22. The number of rotatable bonds is 7. The van der Waals surface area contributed by atoms with Crippen molar-refractivity contribution in [1.82, 2.24) is 14.7 Å². The van der Waals surface area contributed by atoms with Gasteiger partial charge in [-0.25, -0.2) is 9.78 Å². The van der Waals surface area contributed by atoms with Crippen LogP contribution < -0.4 is 5.32 Å². The lowest BCUT2D eigenvalue weighted by Crippen LogP contribution is -2.41. The van der Waals surface area contributed by atoms with Crippen LogP contribution in [0.3, 0.4) is 0 Å². The summed E-state index contributed by atoms with van der Waals surface area (Å²) >= 11 is 0. The van der Waals surface area contributed by atoms with Gasteiger partial charge in [0.2, 0.25) is 5.91 Å². The molecule has 0 bridgehead atoms. The van der Waals surface area contributed by atoms with Crippen LogP contribution in [0.2, 0.25) is 0 Å². The number of nitrogens with zero attached hydrogens (tertiary/aromatic N) is 2. The normalized spacial score (nSPS) is 12.1. The van der Waals surface area contributed by atoms with E-state index in [0.717, 1.165) is 33.7 Å². The molecule has 0 saturated heterocycles. The van der Waals surface area contributed by atoms with Crippen molar-refractivity contribution in [2.75, 3.05) is 0 Å². The monoisotopic (exact) mass is 393 g/mol. The molecule has 1 amide bonds. The number of benzene rings is 1. The van der Waals surface area contributed by atoms with Crippen molar-refractivity contribution in [3.8, 4) is 11.3 Å². The first-order valence-electron chi connectivity index (χ1n) is 9.88. The second kappa shape index (κ2) is 8.47. The quantitative estimate of drug-likeness (QED) is 0.639. The molecule has 1 aromatic carbocycles. The number of imidazole rings is 1. The molecule has 1 atom stereocenters. The first kappa shape index (κ1) is 20.6. The summed E-state index contributed by atoms with van der Waals surface area (Å²) in [7, 11) is 0. The smallest absolute Gasteiger partial charge is 0.326 e. The van der Waals surface area contributed by atoms with Gasteiger partial charge in [0, 0.05) is 11.8 Å². The number of hydrogen-bond donors (Lipinski definition) is 2. The molecule has 3 aromatic rings. The van der Waals surface area contributed by atoms with Crippen molar-refractivity contribution >= 4 is 17.5 Å². The molecule has 0 aliphatic carbocycles. The van der Waals surface area contributed by atoms with Crippen LogP contribution in [0.25, 0.3) is 16.9 Å². The lowest BCUT2D eigenvalue weighted by atomic mass is 10.0. The molecule has 1 unspecified atom stereocenters. The highest BCUT2D eigenvalue weighted by atomic mass is 16.4. The van der Waals surface area contributed by atoms with E-state index in [1.165, 1.54) is 5.56 Å². The summed E-state index contributed by atoms with van der Waals surface area (Å²) in [6, 6.07) is 9.17. The predicted octanol–water partition coefficient (Wildman–Crippen LogP) is 3.84. The Morgan fingerprint density at radius 3 is 2.55 bits per heavy atom. The number of fused-ring (bicyclic) bond motifs is 1. The van der Waals surface area contributed by atoms with Gasteiger partial charge < -0.3 is 14.8 Å². The van der Waals surface area contributed by atoms with Gasteiger partial charge in [0.25, 0.3) is 0 Å². The van der Waals surface area contributed by atoms with E-state index in [-0.39, 0.29) is 12.3 Å². The molecule has 6 heteroatoms. The Balaban J connectivity index is 2.03. The topological polar surface area (TPSA) is 83.7 Å². The zero-order chi connectivity index (χ0) is 21.1. The second-order valence-corrected chi connectivity index (χ2v) is 7.51. The number of carboxylic acids is 1. The van der Waals surface area contributed by atoms with E-state index in [0.29, 0.717) is 12.8 Å². The van der Waals surface area contributed by atoms with E-state index in [2.05, 4.69) is 25.2 Å². The maximum Gasteiger partial charge on any atom is 0.326 e. The third kappa shape index (κ3) is 4.31.